The molecule has 1 saturated heterocycles. The van der Waals surface area contributed by atoms with Gasteiger partial charge >= 0.3 is 0 Å². The van der Waals surface area contributed by atoms with Gasteiger partial charge in [0, 0.05) is 47.9 Å². The number of nitrogens with zero attached hydrogens (tertiary/aromatic N) is 2. The minimum absolute atomic E-state index is 0.151. The van der Waals surface area contributed by atoms with Gasteiger partial charge in [0.05, 0.1) is 23.4 Å². The zero-order valence-corrected chi connectivity index (χ0v) is 18.5. The second kappa shape index (κ2) is 8.82. The van der Waals surface area contributed by atoms with Gasteiger partial charge in [-0.2, -0.15) is 4.31 Å². The summed E-state index contributed by atoms with van der Waals surface area (Å²) in [6.45, 7) is 0.528. The lowest BCUT2D eigenvalue weighted by Crippen LogP contribution is -2.39. The Kier molecular flexibility index (Phi) is 6.13. The van der Waals surface area contributed by atoms with Crippen molar-refractivity contribution >= 4 is 38.3 Å². The Labute approximate surface area is 186 Å². The van der Waals surface area contributed by atoms with E-state index >= 15 is 0 Å². The lowest BCUT2D eigenvalue weighted by atomic mass is 10.1. The topological polar surface area (TPSA) is 88.6 Å². The number of para-hydroxylation sites is 1. The third-order valence-electron chi connectivity index (χ3n) is 5.38. The first-order valence-corrected chi connectivity index (χ1v) is 11.7. The molecule has 0 aliphatic carbocycles. The van der Waals surface area contributed by atoms with Crippen LogP contribution in [0.4, 0.5) is 0 Å². The molecule has 0 saturated carbocycles. The van der Waals surface area contributed by atoms with Crippen LogP contribution in [0.1, 0.15) is 12.0 Å². The maximum Gasteiger partial charge on any atom is 0.243 e. The molecule has 0 spiro atoms. The Bertz CT molecular complexity index is 1230. The summed E-state index contributed by atoms with van der Waals surface area (Å²) in [7, 11) is -2.21. The average molecular weight is 460 g/mol. The lowest BCUT2D eigenvalue weighted by Gasteiger charge is -2.19. The molecule has 9 heteroatoms. The Balaban J connectivity index is 1.48. The van der Waals surface area contributed by atoms with Gasteiger partial charge in [0.2, 0.25) is 15.9 Å². The fourth-order valence-electron chi connectivity index (χ4n) is 3.88. The number of carbonyl (C=O) groups is 1. The first-order valence-electron chi connectivity index (χ1n) is 9.84. The summed E-state index contributed by atoms with van der Waals surface area (Å²) in [5.74, 6) is 0.476. The normalized spacial score (nSPS) is 17.0. The fourth-order valence-corrected chi connectivity index (χ4v) is 5.94. The minimum atomic E-state index is -3.78. The van der Waals surface area contributed by atoms with Crippen LogP contribution in [0, 0.1) is 0 Å². The number of amides is 1. The molecule has 162 valence electrons. The van der Waals surface area contributed by atoms with Gasteiger partial charge in [-0.3, -0.25) is 9.78 Å². The first-order chi connectivity index (χ1) is 14.9. The third-order valence-corrected chi connectivity index (χ3v) is 7.57. The number of sulfonamides is 1. The van der Waals surface area contributed by atoms with Crippen LogP contribution in [0.2, 0.25) is 5.02 Å². The molecule has 1 aliphatic heterocycles. The minimum Gasteiger partial charge on any atom is -0.496 e. The van der Waals surface area contributed by atoms with E-state index in [4.69, 9.17) is 16.3 Å². The molecule has 31 heavy (non-hydrogen) atoms. The molecule has 3 aromatic rings. The number of aromatic nitrogens is 1. The molecule has 1 N–H and O–H groups in total. The molecule has 1 fully saturated rings. The second-order valence-corrected chi connectivity index (χ2v) is 9.69. The van der Waals surface area contributed by atoms with Crippen LogP contribution in [-0.4, -0.2) is 49.9 Å². The molecule has 1 unspecified atom stereocenters. The van der Waals surface area contributed by atoms with Crippen LogP contribution in [0.15, 0.2) is 59.8 Å². The molecule has 1 amide bonds. The number of pyridine rings is 1. The average Bonchev–Trinajstić information content (AvgIpc) is 3.23. The number of hydrogen-bond donors (Lipinski definition) is 1. The summed E-state index contributed by atoms with van der Waals surface area (Å²) >= 11 is 6.26. The van der Waals surface area contributed by atoms with Crippen molar-refractivity contribution in [2.75, 3.05) is 20.2 Å². The highest BCUT2D eigenvalue weighted by atomic mass is 35.5. The largest absolute Gasteiger partial charge is 0.496 e. The number of methoxy groups -OCH3 is 1. The molecule has 2 aromatic carbocycles. The van der Waals surface area contributed by atoms with Gasteiger partial charge in [-0.25, -0.2) is 8.42 Å². The standard InChI is InChI=1S/C22H22ClN3O4S/c1-30-19-7-3-2-5-15(19)11-21(27)25-17-9-10-26(14-17)31(28,29)20-8-4-6-16-12-24-13-18(23)22(16)20/h2-8,12-13,17H,9-11,14H2,1H3,(H,25,27). The summed E-state index contributed by atoms with van der Waals surface area (Å²) in [4.78, 5) is 16.7. The van der Waals surface area contributed by atoms with Crippen molar-refractivity contribution in [3.63, 3.8) is 0 Å². The highest BCUT2D eigenvalue weighted by Crippen LogP contribution is 2.32. The molecule has 0 bridgehead atoms. The highest BCUT2D eigenvalue weighted by molar-refractivity contribution is 7.89. The Morgan fingerprint density at radius 3 is 2.84 bits per heavy atom. The zero-order chi connectivity index (χ0) is 22.0. The van der Waals surface area contributed by atoms with Gasteiger partial charge in [0.25, 0.3) is 0 Å². The number of benzene rings is 2. The molecular formula is C22H22ClN3O4S. The van der Waals surface area contributed by atoms with Gasteiger partial charge in [-0.1, -0.05) is 41.9 Å². The Hall–Kier alpha value is -2.68. The number of nitrogens with one attached hydrogen (secondary N) is 1. The van der Waals surface area contributed by atoms with Crippen LogP contribution in [0.5, 0.6) is 5.75 Å². The first kappa shape index (κ1) is 21.5. The predicted octanol–water partition coefficient (Wildman–Crippen LogP) is 3.02. The van der Waals surface area contributed by atoms with Crippen molar-refractivity contribution < 1.29 is 17.9 Å². The van der Waals surface area contributed by atoms with Crippen molar-refractivity contribution in [1.29, 1.82) is 0 Å². The number of carbonyl (C=O) groups excluding carboxylic acids is 1. The molecule has 1 aliphatic rings. The van der Waals surface area contributed by atoms with Gasteiger partial charge < -0.3 is 10.1 Å². The molecule has 4 rings (SSSR count). The number of halogens is 1. The van der Waals surface area contributed by atoms with Crippen molar-refractivity contribution in [3.05, 3.63) is 65.4 Å². The molecule has 2 heterocycles. The summed E-state index contributed by atoms with van der Waals surface area (Å²) in [6, 6.07) is 12.1. The van der Waals surface area contributed by atoms with Crippen LogP contribution >= 0.6 is 11.6 Å². The second-order valence-electron chi connectivity index (χ2n) is 7.38. The molecule has 7 nitrogen and oxygen atoms in total. The van der Waals surface area contributed by atoms with Crippen LogP contribution in [0.25, 0.3) is 10.8 Å². The van der Waals surface area contributed by atoms with Crippen molar-refractivity contribution in [1.82, 2.24) is 14.6 Å². The van der Waals surface area contributed by atoms with Crippen molar-refractivity contribution in [2.45, 2.75) is 23.8 Å². The third kappa shape index (κ3) is 4.37. The van der Waals surface area contributed by atoms with E-state index in [1.54, 1.807) is 37.6 Å². The highest BCUT2D eigenvalue weighted by Gasteiger charge is 2.34. The number of fused-ring (bicyclic) bond motifs is 1. The van der Waals surface area contributed by atoms with Crippen molar-refractivity contribution in [3.8, 4) is 5.75 Å². The lowest BCUT2D eigenvalue weighted by molar-refractivity contribution is -0.121. The van der Waals surface area contributed by atoms with Crippen LogP contribution < -0.4 is 10.1 Å². The van der Waals surface area contributed by atoms with E-state index < -0.39 is 10.0 Å². The fraction of sp³-hybridized carbons (Fsp3) is 0.273. The predicted molar refractivity (Wildman–Crippen MR) is 119 cm³/mol. The molecule has 1 aromatic heterocycles. The van der Waals surface area contributed by atoms with Gasteiger partial charge in [0.1, 0.15) is 5.75 Å². The molecule has 1 atom stereocenters. The van der Waals surface area contributed by atoms with Crippen LogP contribution in [0.3, 0.4) is 0 Å². The van der Waals surface area contributed by atoms with Crippen molar-refractivity contribution in [2.24, 2.45) is 0 Å². The monoisotopic (exact) mass is 459 g/mol. The van der Waals surface area contributed by atoms with Gasteiger partial charge in [-0.15, -0.1) is 0 Å². The van der Waals surface area contributed by atoms with E-state index in [1.165, 1.54) is 10.5 Å². The van der Waals surface area contributed by atoms with E-state index in [9.17, 15) is 13.2 Å². The summed E-state index contributed by atoms with van der Waals surface area (Å²) in [5, 5.41) is 4.36. The SMILES string of the molecule is COc1ccccc1CC(=O)NC1CCN(S(=O)(=O)c2cccc3cncc(Cl)c23)C1. The molecule has 0 radical (unpaired) electrons. The molecular weight excluding hydrogens is 438 g/mol. The quantitative estimate of drug-likeness (QED) is 0.612. The summed E-state index contributed by atoms with van der Waals surface area (Å²) in [6.07, 6.45) is 3.73. The van der Waals surface area contributed by atoms with E-state index in [1.807, 2.05) is 18.2 Å². The number of ether oxygens (including phenoxy) is 1. The van der Waals surface area contributed by atoms with Gasteiger partial charge in [0.15, 0.2) is 0 Å². The maximum absolute atomic E-state index is 13.3. The maximum atomic E-state index is 13.3. The van der Waals surface area contributed by atoms with E-state index in [0.717, 1.165) is 5.56 Å². The smallest absolute Gasteiger partial charge is 0.243 e. The number of rotatable bonds is 6. The number of hydrogen-bond acceptors (Lipinski definition) is 5. The zero-order valence-electron chi connectivity index (χ0n) is 16.9. The van der Waals surface area contributed by atoms with E-state index in [0.29, 0.717) is 29.5 Å². The Morgan fingerprint density at radius 1 is 1.23 bits per heavy atom. The van der Waals surface area contributed by atoms with Crippen LogP contribution in [-0.2, 0) is 21.2 Å². The van der Waals surface area contributed by atoms with Gasteiger partial charge in [-0.05, 0) is 18.6 Å². The van der Waals surface area contributed by atoms with E-state index in [2.05, 4.69) is 10.3 Å². The summed E-state index contributed by atoms with van der Waals surface area (Å²) in [5.41, 5.74) is 0.781. The van der Waals surface area contributed by atoms with E-state index in [-0.39, 0.29) is 34.8 Å². The Morgan fingerprint density at radius 2 is 2.03 bits per heavy atom. The summed E-state index contributed by atoms with van der Waals surface area (Å²) < 4.78 is 33.3.